The van der Waals surface area contributed by atoms with Crippen LogP contribution < -0.4 is 0 Å². The standard InChI is InChI=1S/C43H74O6/c1-4-5-27-33-40(44)34-29-24-20-16-12-10-14-18-22-26-31-36-43(47)49-38-41(45)37-48-42(46)35-30-25-21-17-13-9-7-6-8-11-15-19-23-28-32-39(2)3/h10,12,18,20,22,24,29,34,39,41,45H,4-9,11,13-17,19,21,23,25-28,30-33,35-38H2,1-3H3/b12-10-,22-18-,24-20-,34-29+/t41-/m0/s1. The molecule has 0 amide bonds. The Morgan fingerprint density at radius 1 is 0.551 bits per heavy atom. The lowest BCUT2D eigenvalue weighted by atomic mass is 10.0. The summed E-state index contributed by atoms with van der Waals surface area (Å²) in [5.74, 6) is 0.372. The van der Waals surface area contributed by atoms with Gasteiger partial charge in [-0.25, -0.2) is 0 Å². The highest BCUT2D eigenvalue weighted by Gasteiger charge is 2.12. The fourth-order valence-electron chi connectivity index (χ4n) is 5.39. The lowest BCUT2D eigenvalue weighted by Gasteiger charge is -2.12. The molecule has 0 saturated carbocycles. The number of carbonyl (C=O) groups is 3. The summed E-state index contributed by atoms with van der Waals surface area (Å²) >= 11 is 0. The molecule has 0 unspecified atom stereocenters. The van der Waals surface area contributed by atoms with Crippen molar-refractivity contribution >= 4 is 17.7 Å². The summed E-state index contributed by atoms with van der Waals surface area (Å²) < 4.78 is 10.3. The maximum Gasteiger partial charge on any atom is 0.305 e. The maximum atomic E-state index is 12.0. The first-order chi connectivity index (χ1) is 23.8. The Hall–Kier alpha value is -2.47. The summed E-state index contributed by atoms with van der Waals surface area (Å²) in [4.78, 5) is 35.6. The van der Waals surface area contributed by atoms with E-state index in [0.29, 0.717) is 19.3 Å². The lowest BCUT2D eigenvalue weighted by Crippen LogP contribution is -2.25. The average molecular weight is 687 g/mol. The van der Waals surface area contributed by atoms with E-state index in [1.165, 1.54) is 77.0 Å². The molecule has 0 fully saturated rings. The van der Waals surface area contributed by atoms with Crippen LogP contribution in [0, 0.1) is 5.92 Å². The van der Waals surface area contributed by atoms with Crippen LogP contribution in [0.15, 0.2) is 48.6 Å². The average Bonchev–Trinajstić information content (AvgIpc) is 3.08. The van der Waals surface area contributed by atoms with Crippen LogP contribution in [0.5, 0.6) is 0 Å². The van der Waals surface area contributed by atoms with Crippen molar-refractivity contribution in [3.8, 4) is 0 Å². The lowest BCUT2D eigenvalue weighted by molar-refractivity contribution is -0.152. The van der Waals surface area contributed by atoms with E-state index < -0.39 is 6.10 Å². The van der Waals surface area contributed by atoms with E-state index in [4.69, 9.17) is 9.47 Å². The number of rotatable bonds is 35. The molecule has 0 radical (unpaired) electrons. The fourth-order valence-corrected chi connectivity index (χ4v) is 5.39. The SMILES string of the molecule is CCCCCC(=O)/C=C/C=C\C/C=C\C/C=C\CCCC(=O)OC[C@@H](O)COC(=O)CCCCCCCCCCCCCCCCC(C)C. The van der Waals surface area contributed by atoms with Gasteiger partial charge in [-0.15, -0.1) is 0 Å². The van der Waals surface area contributed by atoms with Gasteiger partial charge in [0.15, 0.2) is 5.78 Å². The number of aliphatic hydroxyl groups is 1. The molecule has 6 heteroatoms. The Morgan fingerprint density at radius 3 is 1.57 bits per heavy atom. The van der Waals surface area contributed by atoms with E-state index in [2.05, 4.69) is 39.0 Å². The van der Waals surface area contributed by atoms with E-state index in [0.717, 1.165) is 63.7 Å². The van der Waals surface area contributed by atoms with Crippen molar-refractivity contribution in [1.29, 1.82) is 0 Å². The molecule has 49 heavy (non-hydrogen) atoms. The summed E-state index contributed by atoms with van der Waals surface area (Å²) in [5, 5.41) is 10.0. The number of hydrogen-bond donors (Lipinski definition) is 1. The first-order valence-electron chi connectivity index (χ1n) is 20.0. The second-order valence-corrected chi connectivity index (χ2v) is 13.9. The molecule has 0 aliphatic carbocycles. The van der Waals surface area contributed by atoms with E-state index in [1.54, 1.807) is 6.08 Å². The van der Waals surface area contributed by atoms with Crippen molar-refractivity contribution in [1.82, 2.24) is 0 Å². The van der Waals surface area contributed by atoms with Gasteiger partial charge in [-0.3, -0.25) is 14.4 Å². The summed E-state index contributed by atoms with van der Waals surface area (Å²) in [5.41, 5.74) is 0. The number of allylic oxidation sites excluding steroid dienone is 8. The van der Waals surface area contributed by atoms with E-state index >= 15 is 0 Å². The molecule has 6 nitrogen and oxygen atoms in total. The van der Waals surface area contributed by atoms with Gasteiger partial charge < -0.3 is 14.6 Å². The molecule has 0 aliphatic heterocycles. The van der Waals surface area contributed by atoms with Gasteiger partial charge in [0.25, 0.3) is 0 Å². The number of esters is 2. The molecule has 1 N–H and O–H groups in total. The summed E-state index contributed by atoms with van der Waals surface area (Å²) in [6.45, 7) is 6.44. The van der Waals surface area contributed by atoms with Crippen LogP contribution >= 0.6 is 0 Å². The van der Waals surface area contributed by atoms with Crippen molar-refractivity contribution in [2.45, 2.75) is 187 Å². The van der Waals surface area contributed by atoms with E-state index in [9.17, 15) is 19.5 Å². The van der Waals surface area contributed by atoms with Gasteiger partial charge in [0.1, 0.15) is 19.3 Å². The molecule has 0 aromatic rings. The highest BCUT2D eigenvalue weighted by Crippen LogP contribution is 2.15. The van der Waals surface area contributed by atoms with E-state index in [-0.39, 0.29) is 37.4 Å². The third-order valence-electron chi connectivity index (χ3n) is 8.47. The molecule has 0 bridgehead atoms. The van der Waals surface area contributed by atoms with Crippen molar-refractivity contribution in [2.75, 3.05) is 13.2 Å². The van der Waals surface area contributed by atoms with Gasteiger partial charge in [0, 0.05) is 19.3 Å². The molecule has 1 atom stereocenters. The van der Waals surface area contributed by atoms with Gasteiger partial charge in [-0.05, 0) is 50.5 Å². The molecule has 282 valence electrons. The normalized spacial score (nSPS) is 12.7. The largest absolute Gasteiger partial charge is 0.463 e. The highest BCUT2D eigenvalue weighted by atomic mass is 16.6. The topological polar surface area (TPSA) is 89.9 Å². The second kappa shape index (κ2) is 36.8. The smallest absolute Gasteiger partial charge is 0.305 e. The summed E-state index contributed by atoms with van der Waals surface area (Å²) in [6.07, 6.45) is 41.5. The second-order valence-electron chi connectivity index (χ2n) is 13.9. The van der Waals surface area contributed by atoms with Crippen LogP contribution in [0.3, 0.4) is 0 Å². The number of hydrogen-bond acceptors (Lipinski definition) is 6. The minimum absolute atomic E-state index is 0.147. The zero-order chi connectivity index (χ0) is 36.0. The van der Waals surface area contributed by atoms with E-state index in [1.807, 2.05) is 24.3 Å². The van der Waals surface area contributed by atoms with Crippen molar-refractivity contribution in [3.05, 3.63) is 48.6 Å². The number of ketones is 1. The predicted octanol–water partition coefficient (Wildman–Crippen LogP) is 11.7. The first kappa shape index (κ1) is 46.5. The van der Waals surface area contributed by atoms with Gasteiger partial charge in [0.05, 0.1) is 0 Å². The quantitative estimate of drug-likeness (QED) is 0.0235. The number of aliphatic hydroxyl groups excluding tert-OH is 1. The highest BCUT2D eigenvalue weighted by molar-refractivity contribution is 5.89. The molecule has 0 aliphatic rings. The molecule has 0 heterocycles. The van der Waals surface area contributed by atoms with Crippen LogP contribution in [0.2, 0.25) is 0 Å². The Balaban J connectivity index is 3.57. The van der Waals surface area contributed by atoms with Crippen LogP contribution in [0.25, 0.3) is 0 Å². The third kappa shape index (κ3) is 38.2. The summed E-state index contributed by atoms with van der Waals surface area (Å²) in [7, 11) is 0. The fraction of sp³-hybridized carbons (Fsp3) is 0.744. The third-order valence-corrected chi connectivity index (χ3v) is 8.47. The predicted molar refractivity (Wildman–Crippen MR) is 205 cm³/mol. The van der Waals surface area contributed by atoms with Crippen molar-refractivity contribution in [2.24, 2.45) is 5.92 Å². The van der Waals surface area contributed by atoms with Crippen LogP contribution in [0.1, 0.15) is 181 Å². The van der Waals surface area contributed by atoms with Gasteiger partial charge in [-0.1, -0.05) is 166 Å². The first-order valence-corrected chi connectivity index (χ1v) is 20.0. The van der Waals surface area contributed by atoms with Crippen molar-refractivity contribution < 1.29 is 29.0 Å². The molecule has 0 spiro atoms. The molecule has 0 aromatic heterocycles. The minimum Gasteiger partial charge on any atom is -0.463 e. The molecule has 0 aromatic carbocycles. The van der Waals surface area contributed by atoms with Gasteiger partial charge in [0.2, 0.25) is 0 Å². The monoisotopic (exact) mass is 687 g/mol. The summed E-state index contributed by atoms with van der Waals surface area (Å²) in [6, 6.07) is 0. The zero-order valence-electron chi connectivity index (χ0n) is 31.9. The zero-order valence-corrected chi connectivity index (χ0v) is 31.9. The van der Waals surface area contributed by atoms with Crippen molar-refractivity contribution in [3.63, 3.8) is 0 Å². The van der Waals surface area contributed by atoms with Crippen LogP contribution in [0.4, 0.5) is 0 Å². The van der Waals surface area contributed by atoms with Gasteiger partial charge >= 0.3 is 11.9 Å². The molecular weight excluding hydrogens is 612 g/mol. The Kier molecular flexibility index (Phi) is 34.9. The number of carbonyl (C=O) groups excluding carboxylic acids is 3. The van der Waals surface area contributed by atoms with Crippen LogP contribution in [-0.2, 0) is 23.9 Å². The maximum absolute atomic E-state index is 12.0. The Labute approximate surface area is 301 Å². The number of ether oxygens (including phenoxy) is 2. The Morgan fingerprint density at radius 2 is 1.02 bits per heavy atom. The Bertz CT molecular complexity index is 900. The minimum atomic E-state index is -1.00. The van der Waals surface area contributed by atoms with Crippen LogP contribution in [-0.4, -0.2) is 42.1 Å². The molecular formula is C43H74O6. The molecule has 0 rings (SSSR count). The van der Waals surface area contributed by atoms with Gasteiger partial charge in [-0.2, -0.15) is 0 Å². The number of unbranched alkanes of at least 4 members (excludes halogenated alkanes) is 16. The molecule has 0 saturated heterocycles.